The largest absolute Gasteiger partial charge is 0.344 e. The summed E-state index contributed by atoms with van der Waals surface area (Å²) in [5, 5.41) is 11.1. The first-order valence-corrected chi connectivity index (χ1v) is 7.00. The van der Waals surface area contributed by atoms with Gasteiger partial charge in [0.1, 0.15) is 6.04 Å². The van der Waals surface area contributed by atoms with Gasteiger partial charge in [0.15, 0.2) is 0 Å². The highest BCUT2D eigenvalue weighted by Gasteiger charge is 2.27. The fourth-order valence-electron chi connectivity index (χ4n) is 2.00. The van der Waals surface area contributed by atoms with Crippen LogP contribution in [0.3, 0.4) is 0 Å². The molecule has 1 fully saturated rings. The van der Waals surface area contributed by atoms with E-state index in [1.165, 1.54) is 11.5 Å². The third-order valence-corrected chi connectivity index (χ3v) is 3.66. The number of hydrogen-bond donors (Lipinski definition) is 2. The fraction of sp³-hybridized carbons (Fsp3) is 0.636. The summed E-state index contributed by atoms with van der Waals surface area (Å²) in [6, 6.07) is -1.01. The molecule has 2 rings (SSSR count). The number of rotatable bonds is 3. The first-order valence-electron chi connectivity index (χ1n) is 6.17. The van der Waals surface area contributed by atoms with Gasteiger partial charge in [0.25, 0.3) is 0 Å². The van der Waals surface area contributed by atoms with E-state index in [0.29, 0.717) is 12.1 Å². The molecule has 1 aliphatic rings. The van der Waals surface area contributed by atoms with Crippen molar-refractivity contribution < 1.29 is 9.59 Å². The van der Waals surface area contributed by atoms with Crippen molar-refractivity contribution in [3.05, 3.63) is 11.1 Å². The SMILES string of the molecule is CC(NC(=O)NC1CCCN(C)C1=O)c1csnn1. The predicted octanol–water partition coefficient (Wildman–Crippen LogP) is 0.519. The zero-order chi connectivity index (χ0) is 13.8. The second-order valence-corrected chi connectivity index (χ2v) is 5.23. The van der Waals surface area contributed by atoms with Gasteiger partial charge in [0.2, 0.25) is 5.91 Å². The molecule has 2 atom stereocenters. The number of aromatic nitrogens is 2. The van der Waals surface area contributed by atoms with Crippen molar-refractivity contribution in [3.8, 4) is 0 Å². The molecule has 0 spiro atoms. The van der Waals surface area contributed by atoms with E-state index in [1.807, 2.05) is 6.92 Å². The monoisotopic (exact) mass is 283 g/mol. The average Bonchev–Trinajstić information content (AvgIpc) is 2.88. The van der Waals surface area contributed by atoms with E-state index in [1.54, 1.807) is 17.3 Å². The topological polar surface area (TPSA) is 87.2 Å². The molecular weight excluding hydrogens is 266 g/mol. The van der Waals surface area contributed by atoms with Crippen LogP contribution < -0.4 is 10.6 Å². The van der Waals surface area contributed by atoms with Gasteiger partial charge in [-0.1, -0.05) is 4.49 Å². The number of urea groups is 1. The van der Waals surface area contributed by atoms with Crippen LogP contribution in [0.5, 0.6) is 0 Å². The predicted molar refractivity (Wildman–Crippen MR) is 70.7 cm³/mol. The quantitative estimate of drug-likeness (QED) is 0.846. The molecule has 104 valence electrons. The molecule has 0 aliphatic carbocycles. The molecule has 2 unspecified atom stereocenters. The van der Waals surface area contributed by atoms with Crippen molar-refractivity contribution in [2.24, 2.45) is 0 Å². The Labute approximate surface area is 115 Å². The van der Waals surface area contributed by atoms with Gasteiger partial charge in [-0.3, -0.25) is 4.79 Å². The Balaban J connectivity index is 1.85. The Morgan fingerprint density at radius 3 is 3.11 bits per heavy atom. The second-order valence-electron chi connectivity index (χ2n) is 4.62. The average molecular weight is 283 g/mol. The minimum Gasteiger partial charge on any atom is -0.344 e. The number of nitrogens with zero attached hydrogens (tertiary/aromatic N) is 3. The third kappa shape index (κ3) is 3.40. The lowest BCUT2D eigenvalue weighted by atomic mass is 10.1. The first-order chi connectivity index (χ1) is 9.08. The summed E-state index contributed by atoms with van der Waals surface area (Å²) < 4.78 is 3.75. The van der Waals surface area contributed by atoms with E-state index in [-0.39, 0.29) is 18.0 Å². The Hall–Kier alpha value is -1.70. The molecule has 1 aromatic rings. The highest BCUT2D eigenvalue weighted by molar-refractivity contribution is 7.03. The van der Waals surface area contributed by atoms with Crippen LogP contribution in [0, 0.1) is 0 Å². The molecule has 0 aromatic carbocycles. The number of carbonyl (C=O) groups excluding carboxylic acids is 2. The van der Waals surface area contributed by atoms with Crippen molar-refractivity contribution in [1.29, 1.82) is 0 Å². The van der Waals surface area contributed by atoms with Crippen LogP contribution in [0.4, 0.5) is 4.79 Å². The van der Waals surface area contributed by atoms with Gasteiger partial charge in [0.05, 0.1) is 11.7 Å². The molecular formula is C11H17N5O2S. The van der Waals surface area contributed by atoms with Crippen molar-refractivity contribution in [2.75, 3.05) is 13.6 Å². The van der Waals surface area contributed by atoms with Crippen LogP contribution in [-0.4, -0.2) is 46.1 Å². The van der Waals surface area contributed by atoms with Gasteiger partial charge in [-0.2, -0.15) is 0 Å². The molecule has 19 heavy (non-hydrogen) atoms. The fourth-order valence-corrected chi connectivity index (χ4v) is 2.55. The lowest BCUT2D eigenvalue weighted by Gasteiger charge is -2.29. The van der Waals surface area contributed by atoms with Crippen LogP contribution in [0.1, 0.15) is 31.5 Å². The minimum absolute atomic E-state index is 0.0376. The normalized spacial score (nSPS) is 21.1. The number of carbonyl (C=O) groups is 2. The van der Waals surface area contributed by atoms with Crippen LogP contribution in [0.2, 0.25) is 0 Å². The summed E-state index contributed by atoms with van der Waals surface area (Å²) in [4.78, 5) is 25.3. The summed E-state index contributed by atoms with van der Waals surface area (Å²) in [6.07, 6.45) is 1.59. The summed E-state index contributed by atoms with van der Waals surface area (Å²) in [5.41, 5.74) is 0.715. The second kappa shape index (κ2) is 5.96. The van der Waals surface area contributed by atoms with Gasteiger partial charge in [0, 0.05) is 19.0 Å². The van der Waals surface area contributed by atoms with Crippen molar-refractivity contribution in [2.45, 2.75) is 31.8 Å². The number of hydrogen-bond acceptors (Lipinski definition) is 5. The highest BCUT2D eigenvalue weighted by Crippen LogP contribution is 2.11. The number of nitrogens with one attached hydrogen (secondary N) is 2. The summed E-state index contributed by atoms with van der Waals surface area (Å²) in [5.74, 6) is -0.0376. The molecule has 1 aromatic heterocycles. The lowest BCUT2D eigenvalue weighted by molar-refractivity contribution is -0.134. The maximum atomic E-state index is 11.8. The Kier molecular flexibility index (Phi) is 4.31. The van der Waals surface area contributed by atoms with E-state index in [2.05, 4.69) is 20.2 Å². The Bertz CT molecular complexity index is 450. The zero-order valence-electron chi connectivity index (χ0n) is 10.9. The van der Waals surface area contributed by atoms with Gasteiger partial charge < -0.3 is 15.5 Å². The molecule has 2 N–H and O–H groups in total. The Morgan fingerprint density at radius 2 is 2.42 bits per heavy atom. The number of piperidine rings is 1. The van der Waals surface area contributed by atoms with Crippen LogP contribution in [-0.2, 0) is 4.79 Å². The van der Waals surface area contributed by atoms with Gasteiger partial charge >= 0.3 is 6.03 Å². The minimum atomic E-state index is -0.431. The van der Waals surface area contributed by atoms with Gasteiger partial charge in [-0.25, -0.2) is 4.79 Å². The summed E-state index contributed by atoms with van der Waals surface area (Å²) in [7, 11) is 1.75. The van der Waals surface area contributed by atoms with Crippen molar-refractivity contribution in [1.82, 2.24) is 25.1 Å². The molecule has 2 heterocycles. The molecule has 3 amide bonds. The molecule has 7 nitrogen and oxygen atoms in total. The smallest absolute Gasteiger partial charge is 0.315 e. The maximum Gasteiger partial charge on any atom is 0.315 e. The molecule has 0 bridgehead atoms. The summed E-state index contributed by atoms with van der Waals surface area (Å²) >= 11 is 1.24. The van der Waals surface area contributed by atoms with Crippen LogP contribution in [0.15, 0.2) is 5.38 Å². The van der Waals surface area contributed by atoms with E-state index < -0.39 is 6.04 Å². The summed E-state index contributed by atoms with van der Waals surface area (Å²) in [6.45, 7) is 2.57. The van der Waals surface area contributed by atoms with Gasteiger partial charge in [-0.05, 0) is 31.3 Å². The number of amides is 3. The molecule has 0 saturated carbocycles. The molecule has 0 radical (unpaired) electrons. The van der Waals surface area contributed by atoms with E-state index in [0.717, 1.165) is 13.0 Å². The van der Waals surface area contributed by atoms with Crippen LogP contribution in [0.25, 0.3) is 0 Å². The molecule has 1 saturated heterocycles. The number of likely N-dealkylation sites (tertiary alicyclic amines) is 1. The van der Waals surface area contributed by atoms with E-state index >= 15 is 0 Å². The van der Waals surface area contributed by atoms with Gasteiger partial charge in [-0.15, -0.1) is 5.10 Å². The van der Waals surface area contributed by atoms with E-state index in [4.69, 9.17) is 0 Å². The van der Waals surface area contributed by atoms with Crippen molar-refractivity contribution in [3.63, 3.8) is 0 Å². The lowest BCUT2D eigenvalue weighted by Crippen LogP contribution is -2.53. The zero-order valence-corrected chi connectivity index (χ0v) is 11.7. The van der Waals surface area contributed by atoms with Crippen molar-refractivity contribution >= 4 is 23.5 Å². The highest BCUT2D eigenvalue weighted by atomic mass is 32.1. The third-order valence-electron chi connectivity index (χ3n) is 3.13. The molecule has 1 aliphatic heterocycles. The Morgan fingerprint density at radius 1 is 1.63 bits per heavy atom. The molecule has 8 heteroatoms. The maximum absolute atomic E-state index is 11.8. The number of likely N-dealkylation sites (N-methyl/N-ethyl adjacent to an activating group) is 1. The van der Waals surface area contributed by atoms with Crippen LogP contribution >= 0.6 is 11.5 Å². The van der Waals surface area contributed by atoms with E-state index in [9.17, 15) is 9.59 Å². The first kappa shape index (κ1) is 13.7. The standard InChI is InChI=1S/C11H17N5O2S/c1-7(9-6-19-15-14-9)12-11(18)13-8-4-3-5-16(2)10(8)17/h6-8H,3-5H2,1-2H3,(H2,12,13,18).